The van der Waals surface area contributed by atoms with E-state index in [-0.39, 0.29) is 0 Å². The number of rotatable bonds is 5. The number of aromatic nitrogens is 4. The van der Waals surface area contributed by atoms with Gasteiger partial charge in [-0.3, -0.25) is 9.58 Å². The topological polar surface area (TPSA) is 48.1 Å². The van der Waals surface area contributed by atoms with Crippen molar-refractivity contribution in [2.45, 2.75) is 32.9 Å². The van der Waals surface area contributed by atoms with E-state index in [2.05, 4.69) is 51.8 Å². The van der Waals surface area contributed by atoms with Crippen LogP contribution in [-0.4, -0.2) is 44.7 Å². The Labute approximate surface area is 154 Å². The maximum absolute atomic E-state index is 5.44. The fourth-order valence-electron chi connectivity index (χ4n) is 3.86. The van der Waals surface area contributed by atoms with E-state index in [4.69, 9.17) is 4.74 Å². The van der Waals surface area contributed by atoms with Gasteiger partial charge in [0.15, 0.2) is 0 Å². The summed E-state index contributed by atoms with van der Waals surface area (Å²) in [7, 11) is 1.71. The van der Waals surface area contributed by atoms with Crippen molar-refractivity contribution in [3.8, 4) is 11.4 Å². The summed E-state index contributed by atoms with van der Waals surface area (Å²) in [5, 5.41) is 9.07. The van der Waals surface area contributed by atoms with Crippen LogP contribution in [0.3, 0.4) is 0 Å². The van der Waals surface area contributed by atoms with Crippen molar-refractivity contribution in [3.63, 3.8) is 0 Å². The lowest BCUT2D eigenvalue weighted by atomic mass is 10.1. The lowest BCUT2D eigenvalue weighted by Crippen LogP contribution is -2.23. The zero-order valence-corrected chi connectivity index (χ0v) is 15.6. The summed E-state index contributed by atoms with van der Waals surface area (Å²) in [5.41, 5.74) is 4.66. The second-order valence-electron chi connectivity index (χ2n) is 6.99. The van der Waals surface area contributed by atoms with Crippen LogP contribution in [0.25, 0.3) is 5.69 Å². The second kappa shape index (κ2) is 6.96. The molecule has 2 aromatic heterocycles. The quantitative estimate of drug-likeness (QED) is 0.708. The maximum Gasteiger partial charge on any atom is 0.119 e. The summed E-state index contributed by atoms with van der Waals surface area (Å²) in [5.74, 6) is 0.880. The molecule has 1 saturated heterocycles. The lowest BCUT2D eigenvalue weighted by Gasteiger charge is -2.19. The SMILES string of the molecule is COc1ccc(-n2cccn2)c(CN2CC[C@@H](n3nc(C)cc3C)C2)c1. The van der Waals surface area contributed by atoms with E-state index in [9.17, 15) is 0 Å². The molecular weight excluding hydrogens is 326 g/mol. The molecule has 0 aliphatic carbocycles. The van der Waals surface area contributed by atoms with Crippen LogP contribution in [0, 0.1) is 13.8 Å². The van der Waals surface area contributed by atoms with Crippen molar-refractivity contribution in [1.29, 1.82) is 0 Å². The van der Waals surface area contributed by atoms with Crippen LogP contribution in [0.4, 0.5) is 0 Å². The minimum absolute atomic E-state index is 0.447. The molecule has 6 heteroatoms. The number of likely N-dealkylation sites (tertiary alicyclic amines) is 1. The van der Waals surface area contributed by atoms with Crippen LogP contribution < -0.4 is 4.74 Å². The van der Waals surface area contributed by atoms with Crippen molar-refractivity contribution in [2.24, 2.45) is 0 Å². The molecule has 1 atom stereocenters. The first-order valence-corrected chi connectivity index (χ1v) is 9.06. The number of benzene rings is 1. The van der Waals surface area contributed by atoms with E-state index in [0.717, 1.165) is 43.2 Å². The van der Waals surface area contributed by atoms with E-state index in [1.165, 1.54) is 11.3 Å². The minimum Gasteiger partial charge on any atom is -0.497 e. The molecule has 6 nitrogen and oxygen atoms in total. The van der Waals surface area contributed by atoms with Gasteiger partial charge in [-0.2, -0.15) is 10.2 Å². The summed E-state index contributed by atoms with van der Waals surface area (Å²) < 4.78 is 9.55. The molecule has 1 aliphatic rings. The fraction of sp³-hybridized carbons (Fsp3) is 0.400. The molecule has 0 unspecified atom stereocenters. The van der Waals surface area contributed by atoms with Gasteiger partial charge in [-0.15, -0.1) is 0 Å². The van der Waals surface area contributed by atoms with Gasteiger partial charge in [0.25, 0.3) is 0 Å². The van der Waals surface area contributed by atoms with Gasteiger partial charge in [0.2, 0.25) is 0 Å². The zero-order chi connectivity index (χ0) is 18.1. The first-order valence-electron chi connectivity index (χ1n) is 9.06. The van der Waals surface area contributed by atoms with Crippen molar-refractivity contribution < 1.29 is 4.74 Å². The molecule has 0 spiro atoms. The standard InChI is InChI=1S/C20H25N5O/c1-15-11-16(2)25(22-15)18-7-10-23(14-18)13-17-12-19(26-3)5-6-20(17)24-9-4-8-21-24/h4-6,8-9,11-12,18H,7,10,13-14H2,1-3H3/t18-/m1/s1. The first kappa shape index (κ1) is 16.8. The number of nitrogens with zero attached hydrogens (tertiary/aromatic N) is 5. The van der Waals surface area contributed by atoms with Crippen LogP contribution in [0.15, 0.2) is 42.7 Å². The van der Waals surface area contributed by atoms with Gasteiger partial charge in [-0.25, -0.2) is 4.68 Å². The molecule has 0 N–H and O–H groups in total. The van der Waals surface area contributed by atoms with Gasteiger partial charge in [0, 0.05) is 37.7 Å². The monoisotopic (exact) mass is 351 g/mol. The number of methoxy groups -OCH3 is 1. The third-order valence-corrected chi connectivity index (χ3v) is 5.07. The molecule has 136 valence electrons. The summed E-state index contributed by atoms with van der Waals surface area (Å²) >= 11 is 0. The zero-order valence-electron chi connectivity index (χ0n) is 15.6. The molecule has 3 heterocycles. The van der Waals surface area contributed by atoms with Crippen molar-refractivity contribution in [3.05, 3.63) is 59.7 Å². The Morgan fingerprint density at radius 3 is 2.81 bits per heavy atom. The molecule has 1 aromatic carbocycles. The third kappa shape index (κ3) is 3.24. The Balaban J connectivity index is 1.55. The van der Waals surface area contributed by atoms with Gasteiger partial charge < -0.3 is 4.74 Å². The highest BCUT2D eigenvalue weighted by molar-refractivity contribution is 5.45. The molecule has 1 aliphatic heterocycles. The van der Waals surface area contributed by atoms with Crippen LogP contribution in [-0.2, 0) is 6.54 Å². The average Bonchev–Trinajstić information content (AvgIpc) is 3.36. The number of hydrogen-bond donors (Lipinski definition) is 0. The van der Waals surface area contributed by atoms with Crippen LogP contribution >= 0.6 is 0 Å². The summed E-state index contributed by atoms with van der Waals surface area (Å²) in [6.07, 6.45) is 4.92. The van der Waals surface area contributed by atoms with E-state index < -0.39 is 0 Å². The van der Waals surface area contributed by atoms with Crippen molar-refractivity contribution >= 4 is 0 Å². The predicted molar refractivity (Wildman–Crippen MR) is 101 cm³/mol. The molecule has 3 aromatic rings. The molecule has 1 fully saturated rings. The number of ether oxygens (including phenoxy) is 1. The highest BCUT2D eigenvalue weighted by atomic mass is 16.5. The highest BCUT2D eigenvalue weighted by Gasteiger charge is 2.26. The van der Waals surface area contributed by atoms with E-state index >= 15 is 0 Å². The van der Waals surface area contributed by atoms with E-state index in [1.807, 2.05) is 29.2 Å². The third-order valence-electron chi connectivity index (χ3n) is 5.07. The number of hydrogen-bond acceptors (Lipinski definition) is 4. The Morgan fingerprint density at radius 2 is 2.12 bits per heavy atom. The van der Waals surface area contributed by atoms with Crippen molar-refractivity contribution in [1.82, 2.24) is 24.5 Å². The molecule has 4 rings (SSSR count). The van der Waals surface area contributed by atoms with Gasteiger partial charge in [0.1, 0.15) is 5.75 Å². The summed E-state index contributed by atoms with van der Waals surface area (Å²) in [6, 6.07) is 10.7. The Bertz CT molecular complexity index is 884. The molecule has 0 bridgehead atoms. The van der Waals surface area contributed by atoms with E-state index in [0.29, 0.717) is 6.04 Å². The molecule has 0 radical (unpaired) electrons. The Hall–Kier alpha value is -2.60. The molecular formula is C20H25N5O. The minimum atomic E-state index is 0.447. The first-order chi connectivity index (χ1) is 12.6. The lowest BCUT2D eigenvalue weighted by molar-refractivity contribution is 0.309. The van der Waals surface area contributed by atoms with Gasteiger partial charge in [-0.05, 0) is 56.2 Å². The fourth-order valence-corrected chi connectivity index (χ4v) is 3.86. The van der Waals surface area contributed by atoms with Crippen LogP contribution in [0.2, 0.25) is 0 Å². The molecule has 0 amide bonds. The van der Waals surface area contributed by atoms with Gasteiger partial charge in [-0.1, -0.05) is 0 Å². The Kier molecular flexibility index (Phi) is 4.51. The van der Waals surface area contributed by atoms with Gasteiger partial charge in [0.05, 0.1) is 24.5 Å². The molecule has 0 saturated carbocycles. The smallest absolute Gasteiger partial charge is 0.119 e. The highest BCUT2D eigenvalue weighted by Crippen LogP contribution is 2.27. The van der Waals surface area contributed by atoms with Crippen LogP contribution in [0.5, 0.6) is 5.75 Å². The van der Waals surface area contributed by atoms with Crippen molar-refractivity contribution in [2.75, 3.05) is 20.2 Å². The normalized spacial score (nSPS) is 17.7. The van der Waals surface area contributed by atoms with E-state index in [1.54, 1.807) is 7.11 Å². The molecule has 26 heavy (non-hydrogen) atoms. The maximum atomic E-state index is 5.44. The predicted octanol–water partition coefficient (Wildman–Crippen LogP) is 3.14. The van der Waals surface area contributed by atoms with Gasteiger partial charge >= 0.3 is 0 Å². The number of aryl methyl sites for hydroxylation is 2. The second-order valence-corrected chi connectivity index (χ2v) is 6.99. The largest absolute Gasteiger partial charge is 0.497 e. The summed E-state index contributed by atoms with van der Waals surface area (Å²) in [4.78, 5) is 2.49. The Morgan fingerprint density at radius 1 is 1.23 bits per heavy atom. The average molecular weight is 351 g/mol. The van der Waals surface area contributed by atoms with Crippen LogP contribution in [0.1, 0.15) is 29.4 Å². The summed E-state index contributed by atoms with van der Waals surface area (Å²) in [6.45, 7) is 7.15.